The number of aliphatic hydroxyl groups excluding tert-OH is 1. The molecule has 13 heteroatoms. The quantitative estimate of drug-likeness (QED) is 0.0863. The molecule has 1 aromatic carbocycles. The third-order valence-corrected chi connectivity index (χ3v) is 5.83. The summed E-state index contributed by atoms with van der Waals surface area (Å²) >= 11 is 0. The molecule has 4 unspecified atom stereocenters. The van der Waals surface area contributed by atoms with Crippen molar-refractivity contribution in [2.75, 3.05) is 19.7 Å². The zero-order valence-corrected chi connectivity index (χ0v) is 20.0. The van der Waals surface area contributed by atoms with Crippen LogP contribution in [-0.4, -0.2) is 88.6 Å². The average Bonchev–Trinajstić information content (AvgIpc) is 3.35. The summed E-state index contributed by atoms with van der Waals surface area (Å²) in [7, 11) is 0. The van der Waals surface area contributed by atoms with Crippen molar-refractivity contribution in [1.29, 1.82) is 0 Å². The van der Waals surface area contributed by atoms with E-state index in [9.17, 15) is 29.4 Å². The number of nitrogens with zero attached hydrogens (tertiary/aromatic N) is 2. The number of carboxylic acid groups (broad SMARTS) is 1. The Kier molecular flexibility index (Phi) is 11.1. The SMILES string of the molecule is NC(N)=NCCCC(NC(=O)C(N)CO)C(=O)NC(Cc1ccccc1)C(=O)N1CCCC1C(=O)O. The lowest BCUT2D eigenvalue weighted by Gasteiger charge is -2.29. The molecular weight excluding hydrogens is 470 g/mol. The van der Waals surface area contributed by atoms with Gasteiger partial charge in [0.25, 0.3) is 0 Å². The number of nitrogens with one attached hydrogen (secondary N) is 2. The minimum absolute atomic E-state index is 0.116. The molecular formula is C23H35N7O6. The van der Waals surface area contributed by atoms with Gasteiger partial charge in [-0.15, -0.1) is 0 Å². The van der Waals surface area contributed by atoms with Crippen LogP contribution in [0.5, 0.6) is 0 Å². The summed E-state index contributed by atoms with van der Waals surface area (Å²) in [5.41, 5.74) is 17.0. The van der Waals surface area contributed by atoms with E-state index in [1.807, 2.05) is 6.07 Å². The van der Waals surface area contributed by atoms with Crippen molar-refractivity contribution in [3.63, 3.8) is 0 Å². The van der Waals surface area contributed by atoms with Gasteiger partial charge in [0.2, 0.25) is 17.7 Å². The Morgan fingerprint density at radius 3 is 2.36 bits per heavy atom. The van der Waals surface area contributed by atoms with Gasteiger partial charge in [-0.05, 0) is 31.2 Å². The first-order valence-corrected chi connectivity index (χ1v) is 11.7. The van der Waals surface area contributed by atoms with E-state index in [1.165, 1.54) is 4.90 Å². The number of likely N-dealkylation sites (tertiary alicyclic amines) is 1. The zero-order valence-electron chi connectivity index (χ0n) is 20.0. The predicted octanol–water partition coefficient (Wildman–Crippen LogP) is -2.35. The number of carbonyl (C=O) groups excluding carboxylic acids is 3. The van der Waals surface area contributed by atoms with Crippen molar-refractivity contribution in [2.45, 2.75) is 56.3 Å². The maximum absolute atomic E-state index is 13.4. The second kappa shape index (κ2) is 14.0. The highest BCUT2D eigenvalue weighted by molar-refractivity contribution is 5.94. The highest BCUT2D eigenvalue weighted by Gasteiger charge is 2.38. The molecule has 0 bridgehead atoms. The minimum Gasteiger partial charge on any atom is -0.480 e. The normalized spacial score (nSPS) is 17.5. The van der Waals surface area contributed by atoms with E-state index in [0.717, 1.165) is 5.56 Å². The zero-order chi connectivity index (χ0) is 26.7. The van der Waals surface area contributed by atoms with Crippen LogP contribution in [0.4, 0.5) is 0 Å². The van der Waals surface area contributed by atoms with Crippen LogP contribution in [-0.2, 0) is 25.6 Å². The van der Waals surface area contributed by atoms with Crippen LogP contribution in [0, 0.1) is 0 Å². The van der Waals surface area contributed by atoms with Gasteiger partial charge in [0, 0.05) is 19.5 Å². The molecule has 0 radical (unpaired) electrons. The van der Waals surface area contributed by atoms with Crippen LogP contribution in [0.1, 0.15) is 31.2 Å². The van der Waals surface area contributed by atoms with E-state index < -0.39 is 54.5 Å². The molecule has 0 aliphatic carbocycles. The topological polar surface area (TPSA) is 226 Å². The number of aliphatic hydroxyl groups is 1. The van der Waals surface area contributed by atoms with E-state index in [1.54, 1.807) is 24.3 Å². The number of hydrogen-bond acceptors (Lipinski definition) is 7. The van der Waals surface area contributed by atoms with Crippen LogP contribution in [0.2, 0.25) is 0 Å². The summed E-state index contributed by atoms with van der Waals surface area (Å²) < 4.78 is 0. The molecule has 1 aliphatic rings. The van der Waals surface area contributed by atoms with Gasteiger partial charge in [0.05, 0.1) is 6.61 Å². The number of hydrogen-bond donors (Lipinski definition) is 7. The number of guanidine groups is 1. The Labute approximate surface area is 209 Å². The lowest BCUT2D eigenvalue weighted by Crippen LogP contribution is -2.58. The second-order valence-electron chi connectivity index (χ2n) is 8.58. The Hall–Kier alpha value is -3.71. The average molecular weight is 506 g/mol. The first kappa shape index (κ1) is 28.5. The summed E-state index contributed by atoms with van der Waals surface area (Å²) in [6, 6.07) is 4.61. The first-order chi connectivity index (χ1) is 17.1. The highest BCUT2D eigenvalue weighted by Crippen LogP contribution is 2.20. The smallest absolute Gasteiger partial charge is 0.326 e. The lowest BCUT2D eigenvalue weighted by molar-refractivity contribution is -0.149. The van der Waals surface area contributed by atoms with Crippen molar-refractivity contribution in [3.05, 3.63) is 35.9 Å². The summed E-state index contributed by atoms with van der Waals surface area (Å²) in [6.45, 7) is -0.149. The number of carboxylic acids is 1. The maximum Gasteiger partial charge on any atom is 0.326 e. The van der Waals surface area contributed by atoms with Gasteiger partial charge in [-0.2, -0.15) is 0 Å². The summed E-state index contributed by atoms with van der Waals surface area (Å²) in [5, 5.41) is 23.9. The van der Waals surface area contributed by atoms with Gasteiger partial charge in [0.15, 0.2) is 5.96 Å². The fourth-order valence-electron chi connectivity index (χ4n) is 3.94. The molecule has 36 heavy (non-hydrogen) atoms. The van der Waals surface area contributed by atoms with E-state index in [0.29, 0.717) is 19.3 Å². The Balaban J connectivity index is 2.24. The molecule has 0 spiro atoms. The van der Waals surface area contributed by atoms with E-state index in [2.05, 4.69) is 15.6 Å². The molecule has 1 saturated heterocycles. The Morgan fingerprint density at radius 1 is 1.08 bits per heavy atom. The van der Waals surface area contributed by atoms with Crippen LogP contribution >= 0.6 is 0 Å². The summed E-state index contributed by atoms with van der Waals surface area (Å²) in [4.78, 5) is 55.7. The summed E-state index contributed by atoms with van der Waals surface area (Å²) in [6.07, 6.45) is 1.45. The molecule has 1 fully saturated rings. The number of rotatable bonds is 13. The Bertz CT molecular complexity index is 938. The van der Waals surface area contributed by atoms with Crippen molar-refractivity contribution < 1.29 is 29.4 Å². The standard InChI is InChI=1S/C23H35N7O6/c24-15(13-31)19(32)28-16(8-4-10-27-23(25)26)20(33)29-17(12-14-6-2-1-3-7-14)21(34)30-11-5-9-18(30)22(35)36/h1-3,6-7,15-18,31H,4-5,8-13,24H2,(H,28,32)(H,29,33)(H,35,36)(H4,25,26,27). The largest absolute Gasteiger partial charge is 0.480 e. The number of carbonyl (C=O) groups is 4. The minimum atomic E-state index is -1.24. The molecule has 0 aromatic heterocycles. The molecule has 13 nitrogen and oxygen atoms in total. The highest BCUT2D eigenvalue weighted by atomic mass is 16.4. The Morgan fingerprint density at radius 2 is 1.75 bits per heavy atom. The maximum atomic E-state index is 13.4. The molecule has 1 aromatic rings. The molecule has 4 atom stereocenters. The van der Waals surface area contributed by atoms with Gasteiger partial charge < -0.3 is 42.9 Å². The number of benzene rings is 1. The van der Waals surface area contributed by atoms with Crippen LogP contribution in [0.25, 0.3) is 0 Å². The van der Waals surface area contributed by atoms with E-state index in [-0.39, 0.29) is 31.9 Å². The molecule has 1 heterocycles. The van der Waals surface area contributed by atoms with Crippen molar-refractivity contribution in [3.8, 4) is 0 Å². The molecule has 3 amide bonds. The number of aliphatic imine (C=N–C) groups is 1. The first-order valence-electron chi connectivity index (χ1n) is 11.7. The fraction of sp³-hybridized carbons (Fsp3) is 0.522. The van der Waals surface area contributed by atoms with E-state index >= 15 is 0 Å². The van der Waals surface area contributed by atoms with Gasteiger partial charge in [-0.3, -0.25) is 19.4 Å². The van der Waals surface area contributed by atoms with Crippen LogP contribution in [0.15, 0.2) is 35.3 Å². The predicted molar refractivity (Wildman–Crippen MR) is 131 cm³/mol. The molecule has 198 valence electrons. The third kappa shape index (κ3) is 8.50. The molecule has 1 aliphatic heterocycles. The fourth-order valence-corrected chi connectivity index (χ4v) is 3.94. The van der Waals surface area contributed by atoms with Gasteiger partial charge in [0.1, 0.15) is 24.2 Å². The monoisotopic (exact) mass is 505 g/mol. The van der Waals surface area contributed by atoms with E-state index in [4.69, 9.17) is 17.2 Å². The van der Waals surface area contributed by atoms with Crippen molar-refractivity contribution in [2.24, 2.45) is 22.2 Å². The molecule has 0 saturated carbocycles. The second-order valence-corrected chi connectivity index (χ2v) is 8.58. The van der Waals surface area contributed by atoms with Gasteiger partial charge in [-0.1, -0.05) is 30.3 Å². The lowest BCUT2D eigenvalue weighted by atomic mass is 10.0. The third-order valence-electron chi connectivity index (χ3n) is 5.83. The number of amides is 3. The van der Waals surface area contributed by atoms with Crippen LogP contribution < -0.4 is 27.8 Å². The molecule has 2 rings (SSSR count). The van der Waals surface area contributed by atoms with Crippen LogP contribution in [0.3, 0.4) is 0 Å². The van der Waals surface area contributed by atoms with Gasteiger partial charge >= 0.3 is 5.97 Å². The molecule has 10 N–H and O–H groups in total. The summed E-state index contributed by atoms with van der Waals surface area (Å²) in [5.74, 6) is -3.13. The number of nitrogens with two attached hydrogens (primary N) is 3. The van der Waals surface area contributed by atoms with Crippen molar-refractivity contribution in [1.82, 2.24) is 15.5 Å². The van der Waals surface area contributed by atoms with Crippen molar-refractivity contribution >= 4 is 29.7 Å². The number of aliphatic carboxylic acids is 1. The van der Waals surface area contributed by atoms with Gasteiger partial charge in [-0.25, -0.2) is 4.79 Å².